The normalized spacial score (nSPS) is 11.8. The van der Waals surface area contributed by atoms with Gasteiger partial charge in [0.1, 0.15) is 6.04 Å². The van der Waals surface area contributed by atoms with E-state index in [4.69, 9.17) is 5.11 Å². The van der Waals surface area contributed by atoms with Crippen LogP contribution in [0.4, 0.5) is 0 Å². The molecule has 0 aliphatic rings. The standard InChI is InChI=1S/C10H13N3O4/c1-12(13(16)17)9(4-5-10(14)15)8-3-2-6-11-7-8/h2-3,6-7,9H,4-5H2,1H3,(H,14,15). The molecule has 17 heavy (non-hydrogen) atoms. The van der Waals surface area contributed by atoms with Gasteiger partial charge in [0.15, 0.2) is 5.03 Å². The van der Waals surface area contributed by atoms with Gasteiger partial charge in [-0.2, -0.15) is 0 Å². The molecule has 0 aliphatic carbocycles. The van der Waals surface area contributed by atoms with Crippen molar-refractivity contribution in [1.82, 2.24) is 9.99 Å². The highest BCUT2D eigenvalue weighted by Gasteiger charge is 2.24. The number of aliphatic carboxylic acids is 1. The zero-order chi connectivity index (χ0) is 12.8. The zero-order valence-corrected chi connectivity index (χ0v) is 9.31. The van der Waals surface area contributed by atoms with Gasteiger partial charge in [0.2, 0.25) is 0 Å². The molecule has 1 heterocycles. The third-order valence-corrected chi connectivity index (χ3v) is 2.41. The van der Waals surface area contributed by atoms with Crippen molar-refractivity contribution in [2.75, 3.05) is 7.05 Å². The van der Waals surface area contributed by atoms with E-state index in [1.54, 1.807) is 18.3 Å². The lowest BCUT2D eigenvalue weighted by Gasteiger charge is -2.20. The molecule has 1 N–H and O–H groups in total. The highest BCUT2D eigenvalue weighted by atomic mass is 16.7. The smallest absolute Gasteiger partial charge is 0.303 e. The average molecular weight is 239 g/mol. The molecule has 1 aromatic rings. The predicted octanol–water partition coefficient (Wildman–Crippen LogP) is 1.11. The molecule has 0 bridgehead atoms. The van der Waals surface area contributed by atoms with E-state index in [9.17, 15) is 14.9 Å². The Morgan fingerprint density at radius 3 is 2.88 bits per heavy atom. The minimum Gasteiger partial charge on any atom is -0.481 e. The lowest BCUT2D eigenvalue weighted by molar-refractivity contribution is -0.659. The molecule has 0 fully saturated rings. The molecule has 0 saturated heterocycles. The molecule has 0 aliphatic heterocycles. The van der Waals surface area contributed by atoms with Gasteiger partial charge >= 0.3 is 5.97 Å². The van der Waals surface area contributed by atoms with E-state index in [1.807, 2.05) is 0 Å². The minimum absolute atomic E-state index is 0.127. The van der Waals surface area contributed by atoms with Crippen LogP contribution in [0.25, 0.3) is 0 Å². The van der Waals surface area contributed by atoms with Gasteiger partial charge in [0, 0.05) is 18.8 Å². The van der Waals surface area contributed by atoms with Crippen molar-refractivity contribution in [3.63, 3.8) is 0 Å². The van der Waals surface area contributed by atoms with Crippen LogP contribution in [0.1, 0.15) is 24.4 Å². The second-order valence-electron chi connectivity index (χ2n) is 3.55. The van der Waals surface area contributed by atoms with Crippen LogP contribution >= 0.6 is 0 Å². The number of carbonyl (C=O) groups is 1. The molecule has 0 spiro atoms. The van der Waals surface area contributed by atoms with E-state index >= 15 is 0 Å². The summed E-state index contributed by atoms with van der Waals surface area (Å²) in [6.45, 7) is 0. The largest absolute Gasteiger partial charge is 0.481 e. The number of aromatic nitrogens is 1. The molecule has 0 amide bonds. The molecule has 1 aromatic heterocycles. The summed E-state index contributed by atoms with van der Waals surface area (Å²) >= 11 is 0. The first-order valence-electron chi connectivity index (χ1n) is 5.01. The van der Waals surface area contributed by atoms with Crippen molar-refractivity contribution in [1.29, 1.82) is 0 Å². The summed E-state index contributed by atoms with van der Waals surface area (Å²) in [5, 5.41) is 19.7. The Bertz CT molecular complexity index is 396. The van der Waals surface area contributed by atoms with E-state index in [2.05, 4.69) is 4.98 Å². The summed E-state index contributed by atoms with van der Waals surface area (Å²) in [5.74, 6) is -0.976. The second kappa shape index (κ2) is 5.78. The van der Waals surface area contributed by atoms with E-state index in [0.717, 1.165) is 5.01 Å². The first-order valence-corrected chi connectivity index (χ1v) is 5.01. The van der Waals surface area contributed by atoms with Crippen LogP contribution in [-0.4, -0.2) is 33.1 Å². The highest BCUT2D eigenvalue weighted by Crippen LogP contribution is 2.23. The van der Waals surface area contributed by atoms with Crippen LogP contribution in [0.3, 0.4) is 0 Å². The fraction of sp³-hybridized carbons (Fsp3) is 0.400. The van der Waals surface area contributed by atoms with Crippen molar-refractivity contribution in [2.24, 2.45) is 0 Å². The highest BCUT2D eigenvalue weighted by molar-refractivity contribution is 5.66. The molecule has 92 valence electrons. The Morgan fingerprint density at radius 1 is 1.71 bits per heavy atom. The van der Waals surface area contributed by atoms with Gasteiger partial charge in [-0.3, -0.25) is 9.78 Å². The van der Waals surface area contributed by atoms with Crippen molar-refractivity contribution in [2.45, 2.75) is 18.9 Å². The number of hydrogen-bond donors (Lipinski definition) is 1. The first-order chi connectivity index (χ1) is 8.02. The number of carboxylic acid groups (broad SMARTS) is 1. The summed E-state index contributed by atoms with van der Waals surface area (Å²) in [5.41, 5.74) is 0.632. The lowest BCUT2D eigenvalue weighted by Crippen LogP contribution is -2.30. The first kappa shape index (κ1) is 12.9. The number of pyridine rings is 1. The van der Waals surface area contributed by atoms with E-state index in [0.29, 0.717) is 5.56 Å². The van der Waals surface area contributed by atoms with Gasteiger partial charge in [-0.25, -0.2) is 10.1 Å². The van der Waals surface area contributed by atoms with Crippen LogP contribution < -0.4 is 0 Å². The molecule has 7 nitrogen and oxygen atoms in total. The van der Waals surface area contributed by atoms with Crippen molar-refractivity contribution >= 4 is 5.97 Å². The SMILES string of the molecule is CN(C(CCC(=O)O)c1cccnc1)[N+](=O)[O-]. The van der Waals surface area contributed by atoms with Gasteiger partial charge in [0.05, 0.1) is 7.05 Å². The van der Waals surface area contributed by atoms with Gasteiger partial charge in [0.25, 0.3) is 0 Å². The average Bonchev–Trinajstić information content (AvgIpc) is 2.30. The maximum absolute atomic E-state index is 10.7. The summed E-state index contributed by atoms with van der Waals surface area (Å²) in [6.07, 6.45) is 3.10. The Kier molecular flexibility index (Phi) is 4.38. The zero-order valence-electron chi connectivity index (χ0n) is 9.31. The van der Waals surface area contributed by atoms with Crippen molar-refractivity contribution in [3.05, 3.63) is 40.2 Å². The topological polar surface area (TPSA) is 96.6 Å². The lowest BCUT2D eigenvalue weighted by atomic mass is 10.0. The van der Waals surface area contributed by atoms with Crippen molar-refractivity contribution in [3.8, 4) is 0 Å². The van der Waals surface area contributed by atoms with Crippen LogP contribution in [0.2, 0.25) is 0 Å². The molecular formula is C10H13N3O4. The van der Waals surface area contributed by atoms with Gasteiger partial charge < -0.3 is 5.11 Å². The Balaban J connectivity index is 2.86. The maximum Gasteiger partial charge on any atom is 0.303 e. The Labute approximate surface area is 97.8 Å². The number of hydrazine groups is 1. The summed E-state index contributed by atoms with van der Waals surface area (Å²) in [7, 11) is 1.32. The van der Waals surface area contributed by atoms with E-state index in [-0.39, 0.29) is 12.8 Å². The van der Waals surface area contributed by atoms with E-state index < -0.39 is 17.0 Å². The minimum atomic E-state index is -0.976. The third kappa shape index (κ3) is 3.71. The molecule has 1 unspecified atom stereocenters. The van der Waals surface area contributed by atoms with Gasteiger partial charge in [-0.1, -0.05) is 6.07 Å². The number of nitro groups is 1. The number of carboxylic acids is 1. The van der Waals surface area contributed by atoms with Gasteiger partial charge in [-0.15, -0.1) is 5.01 Å². The number of nitrogens with zero attached hydrogens (tertiary/aromatic N) is 3. The summed E-state index contributed by atoms with van der Waals surface area (Å²) in [6, 6.07) is 2.77. The maximum atomic E-state index is 10.7. The predicted molar refractivity (Wildman–Crippen MR) is 58.6 cm³/mol. The van der Waals surface area contributed by atoms with Crippen molar-refractivity contribution < 1.29 is 14.9 Å². The van der Waals surface area contributed by atoms with Crippen LogP contribution in [-0.2, 0) is 4.79 Å². The fourth-order valence-electron chi connectivity index (χ4n) is 1.52. The van der Waals surface area contributed by atoms with E-state index in [1.165, 1.54) is 13.2 Å². The molecule has 0 saturated carbocycles. The van der Waals surface area contributed by atoms with Crippen LogP contribution in [0.15, 0.2) is 24.5 Å². The Morgan fingerprint density at radius 2 is 2.41 bits per heavy atom. The van der Waals surface area contributed by atoms with Gasteiger partial charge in [-0.05, 0) is 18.1 Å². The summed E-state index contributed by atoms with van der Waals surface area (Å²) < 4.78 is 0. The molecule has 1 rings (SSSR count). The molecule has 0 radical (unpaired) electrons. The Hall–Kier alpha value is -2.18. The number of hydrogen-bond acceptors (Lipinski definition) is 4. The van der Waals surface area contributed by atoms with Crippen LogP contribution in [0.5, 0.6) is 0 Å². The second-order valence-corrected chi connectivity index (χ2v) is 3.55. The monoisotopic (exact) mass is 239 g/mol. The third-order valence-electron chi connectivity index (χ3n) is 2.41. The molecular weight excluding hydrogens is 226 g/mol. The quantitative estimate of drug-likeness (QED) is 0.590. The molecule has 1 atom stereocenters. The van der Waals surface area contributed by atoms with Crippen LogP contribution in [0, 0.1) is 10.1 Å². The number of rotatable bonds is 6. The molecule has 0 aromatic carbocycles. The fourth-order valence-corrected chi connectivity index (χ4v) is 1.52. The molecule has 7 heteroatoms. The summed E-state index contributed by atoms with van der Waals surface area (Å²) in [4.78, 5) is 25.1.